The summed E-state index contributed by atoms with van der Waals surface area (Å²) in [6.07, 6.45) is 8.56. The molecule has 0 amide bonds. The van der Waals surface area contributed by atoms with E-state index in [-0.39, 0.29) is 0 Å². The van der Waals surface area contributed by atoms with Gasteiger partial charge in [0.2, 0.25) is 0 Å². The molecule has 1 heteroatoms. The summed E-state index contributed by atoms with van der Waals surface area (Å²) in [5.41, 5.74) is 3.80. The van der Waals surface area contributed by atoms with Crippen LogP contribution in [0, 0.1) is 6.92 Å². The average Bonchev–Trinajstić information content (AvgIpc) is 2.04. The van der Waals surface area contributed by atoms with Crippen molar-refractivity contribution in [2.75, 3.05) is 0 Å². The standard InChI is InChI=1S/C10H11N/c1-8-6-9-4-2-3-5-10(9)11-7-8/h2,4,6-7H,3,5H2,1H3. The van der Waals surface area contributed by atoms with Gasteiger partial charge in [-0.15, -0.1) is 0 Å². The summed E-state index contributed by atoms with van der Waals surface area (Å²) in [6, 6.07) is 2.19. The van der Waals surface area contributed by atoms with Gasteiger partial charge in [-0.1, -0.05) is 12.2 Å². The second kappa shape index (κ2) is 2.50. The fraction of sp³-hybridized carbons (Fsp3) is 0.300. The summed E-state index contributed by atoms with van der Waals surface area (Å²) >= 11 is 0. The molecule has 0 unspecified atom stereocenters. The van der Waals surface area contributed by atoms with Gasteiger partial charge in [-0.25, -0.2) is 0 Å². The van der Waals surface area contributed by atoms with E-state index in [1.165, 1.54) is 16.8 Å². The molecule has 1 nitrogen and oxygen atoms in total. The van der Waals surface area contributed by atoms with Crippen molar-refractivity contribution in [2.24, 2.45) is 0 Å². The Bertz CT molecular complexity index is 300. The van der Waals surface area contributed by atoms with Gasteiger partial charge >= 0.3 is 0 Å². The van der Waals surface area contributed by atoms with Crippen LogP contribution in [0.3, 0.4) is 0 Å². The highest BCUT2D eigenvalue weighted by Gasteiger charge is 2.04. The van der Waals surface area contributed by atoms with Crippen molar-refractivity contribution in [1.82, 2.24) is 4.98 Å². The van der Waals surface area contributed by atoms with Crippen LogP contribution < -0.4 is 0 Å². The van der Waals surface area contributed by atoms with E-state index < -0.39 is 0 Å². The SMILES string of the molecule is Cc1cnc2c(c1)C=CCC2. The maximum Gasteiger partial charge on any atom is 0.0479 e. The molecule has 0 fully saturated rings. The molecule has 1 heterocycles. The second-order valence-corrected chi connectivity index (χ2v) is 2.99. The van der Waals surface area contributed by atoms with E-state index in [1.54, 1.807) is 0 Å². The second-order valence-electron chi connectivity index (χ2n) is 2.99. The van der Waals surface area contributed by atoms with Crippen LogP contribution in [-0.4, -0.2) is 4.98 Å². The van der Waals surface area contributed by atoms with Crippen LogP contribution in [0.1, 0.15) is 23.2 Å². The number of allylic oxidation sites excluding steroid dienone is 1. The normalized spacial score (nSPS) is 14.6. The van der Waals surface area contributed by atoms with Gasteiger partial charge in [-0.2, -0.15) is 0 Å². The van der Waals surface area contributed by atoms with E-state index >= 15 is 0 Å². The number of rotatable bonds is 0. The van der Waals surface area contributed by atoms with E-state index in [0.29, 0.717) is 0 Å². The molecule has 0 spiro atoms. The number of aromatic nitrogens is 1. The fourth-order valence-electron chi connectivity index (χ4n) is 1.40. The lowest BCUT2D eigenvalue weighted by Crippen LogP contribution is -1.97. The maximum atomic E-state index is 4.37. The number of pyridine rings is 1. The molecule has 0 radical (unpaired) electrons. The van der Waals surface area contributed by atoms with Gasteiger partial charge < -0.3 is 0 Å². The Morgan fingerprint density at radius 2 is 2.36 bits per heavy atom. The fourth-order valence-corrected chi connectivity index (χ4v) is 1.40. The number of hydrogen-bond donors (Lipinski definition) is 0. The Morgan fingerprint density at radius 1 is 1.45 bits per heavy atom. The summed E-state index contributed by atoms with van der Waals surface area (Å²) in [4.78, 5) is 4.37. The van der Waals surface area contributed by atoms with E-state index in [9.17, 15) is 0 Å². The Balaban J connectivity index is 2.54. The Labute approximate surface area is 66.8 Å². The minimum absolute atomic E-state index is 1.10. The third-order valence-corrected chi connectivity index (χ3v) is 1.99. The van der Waals surface area contributed by atoms with E-state index in [2.05, 4.69) is 30.1 Å². The van der Waals surface area contributed by atoms with E-state index in [0.717, 1.165) is 12.8 Å². The first kappa shape index (κ1) is 6.59. The number of nitrogens with zero attached hydrogens (tertiary/aromatic N) is 1. The highest BCUT2D eigenvalue weighted by atomic mass is 14.7. The molecule has 0 aromatic carbocycles. The first-order chi connectivity index (χ1) is 5.36. The first-order valence-corrected chi connectivity index (χ1v) is 3.98. The number of aryl methyl sites for hydroxylation is 2. The summed E-state index contributed by atoms with van der Waals surface area (Å²) < 4.78 is 0. The van der Waals surface area contributed by atoms with Crippen molar-refractivity contribution in [3.05, 3.63) is 35.2 Å². The highest BCUT2D eigenvalue weighted by Crippen LogP contribution is 2.17. The van der Waals surface area contributed by atoms with E-state index in [4.69, 9.17) is 0 Å². The molecule has 0 N–H and O–H groups in total. The van der Waals surface area contributed by atoms with Crippen LogP contribution in [0.4, 0.5) is 0 Å². The topological polar surface area (TPSA) is 12.9 Å². The molecule has 0 atom stereocenters. The molecule has 11 heavy (non-hydrogen) atoms. The number of hydrogen-bond acceptors (Lipinski definition) is 1. The van der Waals surface area contributed by atoms with Crippen LogP contribution >= 0.6 is 0 Å². The molecule has 1 aromatic rings. The van der Waals surface area contributed by atoms with Gasteiger partial charge in [0.15, 0.2) is 0 Å². The Morgan fingerprint density at radius 3 is 3.27 bits per heavy atom. The maximum absolute atomic E-state index is 4.37. The minimum atomic E-state index is 1.10. The molecule has 1 aliphatic rings. The molecule has 0 saturated heterocycles. The molecule has 0 bridgehead atoms. The molecule has 0 aliphatic heterocycles. The summed E-state index contributed by atoms with van der Waals surface area (Å²) in [6.45, 7) is 2.08. The lowest BCUT2D eigenvalue weighted by atomic mass is 10.0. The van der Waals surface area contributed by atoms with Crippen molar-refractivity contribution in [3.8, 4) is 0 Å². The Kier molecular flexibility index (Phi) is 1.50. The van der Waals surface area contributed by atoms with Gasteiger partial charge in [-0.3, -0.25) is 4.98 Å². The van der Waals surface area contributed by atoms with Crippen LogP contribution in [0.25, 0.3) is 6.08 Å². The summed E-state index contributed by atoms with van der Waals surface area (Å²) in [7, 11) is 0. The van der Waals surface area contributed by atoms with Gasteiger partial charge in [0.25, 0.3) is 0 Å². The molecule has 2 rings (SSSR count). The first-order valence-electron chi connectivity index (χ1n) is 3.98. The molecular formula is C10H11N. The average molecular weight is 145 g/mol. The predicted octanol–water partition coefficient (Wildman–Crippen LogP) is 2.35. The van der Waals surface area contributed by atoms with Crippen molar-refractivity contribution >= 4 is 6.08 Å². The minimum Gasteiger partial charge on any atom is -0.260 e. The van der Waals surface area contributed by atoms with Crippen molar-refractivity contribution in [2.45, 2.75) is 19.8 Å². The summed E-state index contributed by atoms with van der Waals surface area (Å²) in [5, 5.41) is 0. The highest BCUT2D eigenvalue weighted by molar-refractivity contribution is 5.54. The third-order valence-electron chi connectivity index (χ3n) is 1.99. The number of fused-ring (bicyclic) bond motifs is 1. The van der Waals surface area contributed by atoms with Crippen LogP contribution in [0.15, 0.2) is 18.3 Å². The lowest BCUT2D eigenvalue weighted by Gasteiger charge is -2.08. The van der Waals surface area contributed by atoms with Gasteiger partial charge in [0, 0.05) is 11.9 Å². The smallest absolute Gasteiger partial charge is 0.0479 e. The largest absolute Gasteiger partial charge is 0.260 e. The Hall–Kier alpha value is -1.11. The zero-order valence-electron chi connectivity index (χ0n) is 6.67. The van der Waals surface area contributed by atoms with Crippen LogP contribution in [0.2, 0.25) is 0 Å². The third kappa shape index (κ3) is 1.18. The van der Waals surface area contributed by atoms with Crippen molar-refractivity contribution in [3.63, 3.8) is 0 Å². The van der Waals surface area contributed by atoms with E-state index in [1.807, 2.05) is 6.20 Å². The van der Waals surface area contributed by atoms with Crippen molar-refractivity contribution in [1.29, 1.82) is 0 Å². The molecule has 1 aromatic heterocycles. The summed E-state index contributed by atoms with van der Waals surface area (Å²) in [5.74, 6) is 0. The van der Waals surface area contributed by atoms with Gasteiger partial charge in [-0.05, 0) is 37.0 Å². The lowest BCUT2D eigenvalue weighted by molar-refractivity contribution is 0.923. The van der Waals surface area contributed by atoms with Crippen LogP contribution in [0.5, 0.6) is 0 Å². The molecule has 1 aliphatic carbocycles. The monoisotopic (exact) mass is 145 g/mol. The quantitative estimate of drug-likeness (QED) is 0.546. The molecular weight excluding hydrogens is 134 g/mol. The zero-order valence-corrected chi connectivity index (χ0v) is 6.67. The van der Waals surface area contributed by atoms with Crippen LogP contribution in [-0.2, 0) is 6.42 Å². The zero-order chi connectivity index (χ0) is 7.68. The van der Waals surface area contributed by atoms with Crippen molar-refractivity contribution < 1.29 is 0 Å². The predicted molar refractivity (Wildman–Crippen MR) is 46.3 cm³/mol. The van der Waals surface area contributed by atoms with Gasteiger partial charge in [0.05, 0.1) is 0 Å². The molecule has 56 valence electrons. The van der Waals surface area contributed by atoms with Gasteiger partial charge in [0.1, 0.15) is 0 Å². The molecule has 0 saturated carbocycles.